The number of aromatic nitrogens is 2. The van der Waals surface area contributed by atoms with E-state index in [1.165, 1.54) is 18.0 Å². The van der Waals surface area contributed by atoms with Crippen LogP contribution in [0.4, 0.5) is 5.82 Å². The largest absolute Gasteiger partial charge is 0.398 e. The lowest BCUT2D eigenvalue weighted by Gasteiger charge is -2.15. The van der Waals surface area contributed by atoms with Gasteiger partial charge in [0.25, 0.3) is 0 Å². The molecule has 1 aromatic heterocycles. The van der Waals surface area contributed by atoms with Crippen molar-refractivity contribution in [2.75, 3.05) is 12.4 Å². The first-order valence-corrected chi connectivity index (χ1v) is 9.20. The molecule has 0 saturated carbocycles. The van der Waals surface area contributed by atoms with E-state index in [4.69, 9.17) is 21.5 Å². The zero-order valence-electron chi connectivity index (χ0n) is 16.1. The molecule has 5 N–H and O–H groups in total. The molecular weight excluding hydrogens is 348 g/mol. The lowest BCUT2D eigenvalue weighted by molar-refractivity contribution is 1.10. The molecule has 1 heterocycles. The Kier molecular flexibility index (Phi) is 5.79. The molecule has 142 valence electrons. The molecule has 0 fully saturated rings. The van der Waals surface area contributed by atoms with Crippen molar-refractivity contribution in [1.29, 1.82) is 10.8 Å². The van der Waals surface area contributed by atoms with Crippen LogP contribution in [0.3, 0.4) is 0 Å². The normalized spacial score (nSPS) is 13.7. The van der Waals surface area contributed by atoms with Gasteiger partial charge in [0.1, 0.15) is 5.82 Å². The predicted octanol–water partition coefficient (Wildman–Crippen LogP) is 3.95. The van der Waals surface area contributed by atoms with E-state index in [1.54, 1.807) is 13.1 Å². The molecule has 1 aliphatic rings. The topological polar surface area (TPSA) is 112 Å². The average Bonchev–Trinajstić information content (AvgIpc) is 2.93. The first-order chi connectivity index (χ1) is 13.6. The quantitative estimate of drug-likeness (QED) is 0.575. The number of benzene rings is 1. The highest BCUT2D eigenvalue weighted by atomic mass is 15.0. The summed E-state index contributed by atoms with van der Waals surface area (Å²) in [5.41, 5.74) is 11.4. The van der Waals surface area contributed by atoms with Crippen LogP contribution in [-0.2, 0) is 6.42 Å². The van der Waals surface area contributed by atoms with E-state index in [9.17, 15) is 0 Å². The lowest BCUT2D eigenvalue weighted by Crippen LogP contribution is -2.10. The van der Waals surface area contributed by atoms with Crippen LogP contribution in [0.5, 0.6) is 0 Å². The molecule has 6 heteroatoms. The molecule has 0 bridgehead atoms. The molecule has 2 aromatic rings. The first-order valence-electron chi connectivity index (χ1n) is 9.20. The molecule has 0 atom stereocenters. The lowest BCUT2D eigenvalue weighted by atomic mass is 10.0. The maximum Gasteiger partial charge on any atom is 0.162 e. The smallest absolute Gasteiger partial charge is 0.162 e. The minimum absolute atomic E-state index is 0.481. The highest BCUT2D eigenvalue weighted by Gasteiger charge is 2.19. The van der Waals surface area contributed by atoms with Crippen LogP contribution in [0.2, 0.25) is 0 Å². The second-order valence-corrected chi connectivity index (χ2v) is 6.37. The molecule has 28 heavy (non-hydrogen) atoms. The molecular formula is C22H24N6. The standard InChI is InChI=1S/C22H24N6/c1-3-14-8-10-15(11-9-14)20-18(13-24)21(26-2)28-22(27-20)16-6-4-5-7-19(25)17(16)12-23/h5-13,23-24H,3-4,25H2,1-2H3,(H,26,27,28). The number of rotatable bonds is 6. The van der Waals surface area contributed by atoms with Crippen molar-refractivity contribution in [3.8, 4) is 11.3 Å². The third-order valence-corrected chi connectivity index (χ3v) is 4.70. The van der Waals surface area contributed by atoms with E-state index in [1.807, 2.05) is 24.3 Å². The van der Waals surface area contributed by atoms with E-state index in [2.05, 4.69) is 29.4 Å². The summed E-state index contributed by atoms with van der Waals surface area (Å²) in [4.78, 5) is 9.40. The summed E-state index contributed by atoms with van der Waals surface area (Å²) in [6.45, 7) is 2.11. The van der Waals surface area contributed by atoms with E-state index in [0.29, 0.717) is 40.6 Å². The minimum atomic E-state index is 0.481. The van der Waals surface area contributed by atoms with Gasteiger partial charge >= 0.3 is 0 Å². The van der Waals surface area contributed by atoms with Gasteiger partial charge < -0.3 is 21.9 Å². The molecule has 1 aliphatic carbocycles. The second kappa shape index (κ2) is 8.43. The fourth-order valence-corrected chi connectivity index (χ4v) is 3.14. The van der Waals surface area contributed by atoms with Gasteiger partial charge in [-0.15, -0.1) is 0 Å². The van der Waals surface area contributed by atoms with Crippen LogP contribution in [-0.4, -0.2) is 29.4 Å². The predicted molar refractivity (Wildman–Crippen MR) is 116 cm³/mol. The van der Waals surface area contributed by atoms with Crippen molar-refractivity contribution in [3.05, 3.63) is 70.7 Å². The van der Waals surface area contributed by atoms with Crippen LogP contribution in [0, 0.1) is 10.8 Å². The van der Waals surface area contributed by atoms with Gasteiger partial charge in [0, 0.05) is 41.9 Å². The highest BCUT2D eigenvalue weighted by Crippen LogP contribution is 2.30. The summed E-state index contributed by atoms with van der Waals surface area (Å²) in [5.74, 6) is 1.05. The third kappa shape index (κ3) is 3.62. The van der Waals surface area contributed by atoms with Crippen LogP contribution < -0.4 is 11.1 Å². The number of nitrogens with two attached hydrogens (primary N) is 1. The van der Waals surface area contributed by atoms with Crippen molar-refractivity contribution in [2.45, 2.75) is 19.8 Å². The number of hydrogen-bond donors (Lipinski definition) is 4. The molecule has 0 amide bonds. The van der Waals surface area contributed by atoms with Gasteiger partial charge in [-0.2, -0.15) is 0 Å². The van der Waals surface area contributed by atoms with Crippen LogP contribution in [0.1, 0.15) is 30.3 Å². The summed E-state index contributed by atoms with van der Waals surface area (Å²) >= 11 is 0. The third-order valence-electron chi connectivity index (χ3n) is 4.70. The maximum absolute atomic E-state index is 7.88. The first kappa shape index (κ1) is 19.2. The average molecular weight is 372 g/mol. The van der Waals surface area contributed by atoms with Gasteiger partial charge in [0.05, 0.1) is 11.3 Å². The molecule has 0 aliphatic heterocycles. The molecule has 3 rings (SSSR count). The van der Waals surface area contributed by atoms with Gasteiger partial charge in [0.2, 0.25) is 0 Å². The van der Waals surface area contributed by atoms with Gasteiger partial charge in [-0.3, -0.25) is 0 Å². The van der Waals surface area contributed by atoms with Crippen molar-refractivity contribution in [3.63, 3.8) is 0 Å². The van der Waals surface area contributed by atoms with E-state index in [0.717, 1.165) is 17.6 Å². The fourth-order valence-electron chi connectivity index (χ4n) is 3.14. The molecule has 0 radical (unpaired) electrons. The van der Waals surface area contributed by atoms with Crippen LogP contribution in [0.15, 0.2) is 53.8 Å². The van der Waals surface area contributed by atoms with Gasteiger partial charge in [-0.1, -0.05) is 43.3 Å². The summed E-state index contributed by atoms with van der Waals surface area (Å²) < 4.78 is 0. The molecule has 1 aromatic carbocycles. The maximum atomic E-state index is 7.88. The van der Waals surface area contributed by atoms with Crippen molar-refractivity contribution >= 4 is 23.8 Å². The molecule has 0 spiro atoms. The number of nitrogens with one attached hydrogen (secondary N) is 3. The Bertz CT molecular complexity index is 996. The second-order valence-electron chi connectivity index (χ2n) is 6.37. The number of hydrogen-bond acceptors (Lipinski definition) is 6. The van der Waals surface area contributed by atoms with E-state index < -0.39 is 0 Å². The Morgan fingerprint density at radius 2 is 1.89 bits per heavy atom. The minimum Gasteiger partial charge on any atom is -0.398 e. The Labute approximate surface area is 164 Å². The Hall–Kier alpha value is -3.54. The zero-order valence-corrected chi connectivity index (χ0v) is 16.1. The number of allylic oxidation sites excluding steroid dienone is 5. The van der Waals surface area contributed by atoms with Gasteiger partial charge in [-0.25, -0.2) is 9.97 Å². The van der Waals surface area contributed by atoms with Crippen molar-refractivity contribution < 1.29 is 0 Å². The summed E-state index contributed by atoms with van der Waals surface area (Å²) in [6.07, 6.45) is 9.86. The summed E-state index contributed by atoms with van der Waals surface area (Å²) in [6, 6.07) is 8.17. The molecule has 0 saturated heterocycles. The van der Waals surface area contributed by atoms with E-state index in [-0.39, 0.29) is 0 Å². The number of aryl methyl sites for hydroxylation is 1. The van der Waals surface area contributed by atoms with Crippen LogP contribution in [0.25, 0.3) is 16.8 Å². The van der Waals surface area contributed by atoms with E-state index >= 15 is 0 Å². The van der Waals surface area contributed by atoms with Crippen molar-refractivity contribution in [1.82, 2.24) is 9.97 Å². The van der Waals surface area contributed by atoms with Gasteiger partial charge in [-0.05, 0) is 24.5 Å². The molecule has 6 nitrogen and oxygen atoms in total. The van der Waals surface area contributed by atoms with Crippen molar-refractivity contribution in [2.24, 2.45) is 5.73 Å². The monoisotopic (exact) mass is 372 g/mol. The Balaban J connectivity index is 2.23. The van der Waals surface area contributed by atoms with Gasteiger partial charge in [0.15, 0.2) is 5.82 Å². The zero-order chi connectivity index (χ0) is 20.1. The molecule has 0 unspecified atom stereocenters. The fraction of sp³-hybridized carbons (Fsp3) is 0.182. The summed E-state index contributed by atoms with van der Waals surface area (Å²) in [5, 5.41) is 18.7. The van der Waals surface area contributed by atoms with Crippen LogP contribution >= 0.6 is 0 Å². The SMILES string of the molecule is CCc1ccc(-c2nc(C3=CCC=CC(N)=C3C=N)nc(NC)c2C=N)cc1. The number of nitrogens with zero attached hydrogens (tertiary/aromatic N) is 2. The Morgan fingerprint density at radius 3 is 2.50 bits per heavy atom. The Morgan fingerprint density at radius 1 is 1.14 bits per heavy atom. The highest BCUT2D eigenvalue weighted by molar-refractivity contribution is 6.01. The summed E-state index contributed by atoms with van der Waals surface area (Å²) in [7, 11) is 1.77. The number of anilines is 1.